The fourth-order valence-electron chi connectivity index (χ4n) is 4.99. The average Bonchev–Trinajstić information content (AvgIpc) is 3.19. The lowest BCUT2D eigenvalue weighted by atomic mass is 9.86. The van der Waals surface area contributed by atoms with Crippen molar-refractivity contribution in [2.75, 3.05) is 26.7 Å². The quantitative estimate of drug-likeness (QED) is 0.614. The number of likely N-dealkylation sites (tertiary alicyclic amines) is 1. The summed E-state index contributed by atoms with van der Waals surface area (Å²) in [6.07, 6.45) is 3.92. The first-order valence-corrected chi connectivity index (χ1v) is 11.9. The Morgan fingerprint density at radius 3 is 2.69 bits per heavy atom. The van der Waals surface area contributed by atoms with Gasteiger partial charge in [-0.1, -0.05) is 37.6 Å². The normalized spacial score (nSPS) is 18.9. The number of aliphatic hydroxyl groups is 1. The largest absolute Gasteiger partial charge is 0.496 e. The van der Waals surface area contributed by atoms with E-state index >= 15 is 0 Å². The number of aliphatic hydroxyl groups excluding tert-OH is 1. The van der Waals surface area contributed by atoms with Crippen molar-refractivity contribution in [3.8, 4) is 11.5 Å². The van der Waals surface area contributed by atoms with Crippen molar-refractivity contribution in [2.45, 2.75) is 59.2 Å². The molecule has 2 aromatic rings. The second-order valence-electron chi connectivity index (χ2n) is 9.76. The van der Waals surface area contributed by atoms with E-state index in [9.17, 15) is 5.11 Å². The first kappa shape index (κ1) is 22.9. The highest BCUT2D eigenvalue weighted by molar-refractivity contribution is 5.72. The number of hydrogen-bond donors (Lipinski definition) is 1. The molecule has 1 atom stereocenters. The molecule has 1 saturated heterocycles. The average molecular weight is 436 g/mol. The lowest BCUT2D eigenvalue weighted by Crippen LogP contribution is -2.26. The van der Waals surface area contributed by atoms with Gasteiger partial charge < -0.3 is 14.6 Å². The predicted molar refractivity (Wildman–Crippen MR) is 130 cm³/mol. The highest BCUT2D eigenvalue weighted by atomic mass is 16.5. The van der Waals surface area contributed by atoms with Crippen LogP contribution in [0.1, 0.15) is 55.9 Å². The summed E-state index contributed by atoms with van der Waals surface area (Å²) in [5, 5.41) is 9.82. The first-order chi connectivity index (χ1) is 15.4. The molecule has 1 aliphatic heterocycles. The molecule has 1 fully saturated rings. The van der Waals surface area contributed by atoms with Crippen molar-refractivity contribution in [3.63, 3.8) is 0 Å². The van der Waals surface area contributed by atoms with E-state index in [2.05, 4.69) is 62.1 Å². The molecular formula is C28H37NO3. The van der Waals surface area contributed by atoms with Crippen molar-refractivity contribution >= 4 is 5.57 Å². The van der Waals surface area contributed by atoms with Crippen molar-refractivity contribution in [1.29, 1.82) is 0 Å². The number of aryl methyl sites for hydroxylation is 1. The molecule has 172 valence electrons. The molecular weight excluding hydrogens is 398 g/mol. The van der Waals surface area contributed by atoms with Gasteiger partial charge in [0.1, 0.15) is 18.1 Å². The summed E-state index contributed by atoms with van der Waals surface area (Å²) in [5.41, 5.74) is 7.98. The van der Waals surface area contributed by atoms with Crippen LogP contribution in [0.15, 0.2) is 42.0 Å². The second-order valence-corrected chi connectivity index (χ2v) is 9.76. The van der Waals surface area contributed by atoms with Gasteiger partial charge in [0.15, 0.2) is 0 Å². The third-order valence-electron chi connectivity index (χ3n) is 6.76. The fraction of sp³-hybridized carbons (Fsp3) is 0.500. The van der Waals surface area contributed by atoms with Crippen LogP contribution in [-0.4, -0.2) is 42.9 Å². The minimum atomic E-state index is -0.156. The molecule has 0 amide bonds. The minimum absolute atomic E-state index is 0.156. The minimum Gasteiger partial charge on any atom is -0.496 e. The SMILES string of the molecule is COc1cc(CC(C)C)ccc1COc1ccc2c(c1)CCC(CN1CCC(O)C1)=C2C. The number of allylic oxidation sites excluding steroid dienone is 1. The zero-order valence-electron chi connectivity index (χ0n) is 20.0. The van der Waals surface area contributed by atoms with E-state index < -0.39 is 0 Å². The summed E-state index contributed by atoms with van der Waals surface area (Å²) >= 11 is 0. The van der Waals surface area contributed by atoms with E-state index in [0.29, 0.717) is 12.5 Å². The van der Waals surface area contributed by atoms with Gasteiger partial charge in [0.2, 0.25) is 0 Å². The third-order valence-corrected chi connectivity index (χ3v) is 6.76. The summed E-state index contributed by atoms with van der Waals surface area (Å²) in [5.74, 6) is 2.44. The number of methoxy groups -OCH3 is 1. The van der Waals surface area contributed by atoms with Gasteiger partial charge in [0, 0.05) is 25.2 Å². The Hall–Kier alpha value is -2.30. The highest BCUT2D eigenvalue weighted by Gasteiger charge is 2.23. The van der Waals surface area contributed by atoms with E-state index in [1.165, 1.54) is 27.8 Å². The summed E-state index contributed by atoms with van der Waals surface area (Å²) in [4.78, 5) is 2.38. The van der Waals surface area contributed by atoms with E-state index in [1.54, 1.807) is 7.11 Å². The molecule has 4 nitrogen and oxygen atoms in total. The van der Waals surface area contributed by atoms with Gasteiger partial charge >= 0.3 is 0 Å². The summed E-state index contributed by atoms with van der Waals surface area (Å²) in [6, 6.07) is 13.0. The van der Waals surface area contributed by atoms with E-state index in [-0.39, 0.29) is 6.10 Å². The molecule has 1 N–H and O–H groups in total. The number of fused-ring (bicyclic) bond motifs is 1. The highest BCUT2D eigenvalue weighted by Crippen LogP contribution is 2.34. The molecule has 2 aliphatic rings. The molecule has 1 unspecified atom stereocenters. The van der Waals surface area contributed by atoms with Gasteiger partial charge in [-0.2, -0.15) is 0 Å². The molecule has 2 aromatic carbocycles. The van der Waals surface area contributed by atoms with Crippen LogP contribution in [0.2, 0.25) is 0 Å². The van der Waals surface area contributed by atoms with Crippen LogP contribution >= 0.6 is 0 Å². The molecule has 0 radical (unpaired) electrons. The van der Waals surface area contributed by atoms with Crippen molar-refractivity contribution in [1.82, 2.24) is 4.90 Å². The second kappa shape index (κ2) is 10.1. The summed E-state index contributed by atoms with van der Waals surface area (Å²) in [7, 11) is 1.73. The van der Waals surface area contributed by atoms with Gasteiger partial charge in [0.25, 0.3) is 0 Å². The molecule has 0 spiro atoms. The van der Waals surface area contributed by atoms with Gasteiger partial charge in [-0.05, 0) is 79.0 Å². The smallest absolute Gasteiger partial charge is 0.125 e. The standard InChI is InChI=1S/C28H37NO3/c1-19(2)13-21-5-6-24(28(14-21)31-4)18-32-26-9-10-27-20(3)23(8-7-22(27)15-26)16-29-12-11-25(30)17-29/h5-6,9-10,14-15,19,25,30H,7-8,11-13,16-18H2,1-4H3. The molecule has 0 aromatic heterocycles. The zero-order valence-corrected chi connectivity index (χ0v) is 20.0. The number of rotatable bonds is 8. The van der Waals surface area contributed by atoms with Gasteiger partial charge in [-0.3, -0.25) is 4.90 Å². The van der Waals surface area contributed by atoms with E-state index in [4.69, 9.17) is 9.47 Å². The zero-order chi connectivity index (χ0) is 22.7. The Balaban J connectivity index is 1.43. The number of β-amino-alcohol motifs (C(OH)–C–C–N with tert-alkyl or cyclic N) is 1. The van der Waals surface area contributed by atoms with E-state index in [0.717, 1.165) is 62.4 Å². The Bertz CT molecular complexity index is 979. The number of hydrogen-bond acceptors (Lipinski definition) is 4. The molecule has 32 heavy (non-hydrogen) atoms. The summed E-state index contributed by atoms with van der Waals surface area (Å²) in [6.45, 7) is 9.99. The molecule has 1 heterocycles. The van der Waals surface area contributed by atoms with Crippen LogP contribution in [0.25, 0.3) is 5.57 Å². The Morgan fingerprint density at radius 1 is 1.12 bits per heavy atom. The van der Waals surface area contributed by atoms with Crippen LogP contribution in [-0.2, 0) is 19.4 Å². The lowest BCUT2D eigenvalue weighted by Gasteiger charge is -2.25. The fourth-order valence-corrected chi connectivity index (χ4v) is 4.99. The van der Waals surface area contributed by atoms with Crippen molar-refractivity contribution < 1.29 is 14.6 Å². The van der Waals surface area contributed by atoms with Gasteiger partial charge in [-0.15, -0.1) is 0 Å². The maximum Gasteiger partial charge on any atom is 0.125 e. The first-order valence-electron chi connectivity index (χ1n) is 11.9. The molecule has 1 aliphatic carbocycles. The van der Waals surface area contributed by atoms with Gasteiger partial charge in [0.05, 0.1) is 13.2 Å². The number of ether oxygens (including phenoxy) is 2. The third kappa shape index (κ3) is 5.36. The monoisotopic (exact) mass is 435 g/mol. The van der Waals surface area contributed by atoms with Gasteiger partial charge in [-0.25, -0.2) is 0 Å². The maximum atomic E-state index is 9.82. The molecule has 4 rings (SSSR count). The van der Waals surface area contributed by atoms with E-state index in [1.807, 2.05) is 0 Å². The van der Waals surface area contributed by atoms with Crippen molar-refractivity contribution in [2.24, 2.45) is 5.92 Å². The van der Waals surface area contributed by atoms with Crippen molar-refractivity contribution in [3.05, 3.63) is 64.2 Å². The Morgan fingerprint density at radius 2 is 1.97 bits per heavy atom. The van der Waals surface area contributed by atoms with Crippen LogP contribution in [0.3, 0.4) is 0 Å². The van der Waals surface area contributed by atoms with Crippen LogP contribution < -0.4 is 9.47 Å². The maximum absolute atomic E-state index is 9.82. The summed E-state index contributed by atoms with van der Waals surface area (Å²) < 4.78 is 11.8. The Labute approximate surface area is 192 Å². The topological polar surface area (TPSA) is 41.9 Å². The molecule has 4 heteroatoms. The number of benzene rings is 2. The van der Waals surface area contributed by atoms with Crippen LogP contribution in [0.4, 0.5) is 0 Å². The van der Waals surface area contributed by atoms with Crippen LogP contribution in [0.5, 0.6) is 11.5 Å². The Kier molecular flexibility index (Phi) is 7.22. The van der Waals surface area contributed by atoms with Crippen LogP contribution in [0, 0.1) is 5.92 Å². The number of nitrogens with zero attached hydrogens (tertiary/aromatic N) is 1. The molecule has 0 saturated carbocycles. The molecule has 0 bridgehead atoms. The predicted octanol–water partition coefficient (Wildman–Crippen LogP) is 5.26. The lowest BCUT2D eigenvalue weighted by molar-refractivity contribution is 0.179.